The second-order valence-corrected chi connectivity index (χ2v) is 8.81. The van der Waals surface area contributed by atoms with Gasteiger partial charge in [-0.2, -0.15) is 0 Å². The summed E-state index contributed by atoms with van der Waals surface area (Å²) in [6, 6.07) is 13.1. The molecule has 3 aromatic rings. The Balaban J connectivity index is 1.53. The highest BCUT2D eigenvalue weighted by atomic mass is 19.1. The highest BCUT2D eigenvalue weighted by Crippen LogP contribution is 2.33. The number of hydrogen-bond acceptors (Lipinski definition) is 7. The van der Waals surface area contributed by atoms with Gasteiger partial charge in [-0.25, -0.2) is 4.39 Å². The van der Waals surface area contributed by atoms with Gasteiger partial charge < -0.3 is 29.6 Å². The summed E-state index contributed by atoms with van der Waals surface area (Å²) < 4.78 is 20.7. The van der Waals surface area contributed by atoms with Gasteiger partial charge in [-0.05, 0) is 75.5 Å². The van der Waals surface area contributed by atoms with Crippen LogP contribution in [0.1, 0.15) is 22.5 Å². The van der Waals surface area contributed by atoms with Gasteiger partial charge in [0.05, 0.1) is 11.4 Å². The summed E-state index contributed by atoms with van der Waals surface area (Å²) in [4.78, 5) is 18.5. The lowest BCUT2D eigenvalue weighted by molar-refractivity contribution is 0.0967. The lowest BCUT2D eigenvalue weighted by Crippen LogP contribution is -2.31. The molecule has 1 unspecified atom stereocenters. The van der Waals surface area contributed by atoms with Gasteiger partial charge >= 0.3 is 0 Å². The van der Waals surface area contributed by atoms with E-state index < -0.39 is 5.91 Å². The zero-order chi connectivity index (χ0) is 24.6. The second kappa shape index (κ2) is 9.46. The Morgan fingerprint density at radius 1 is 1.15 bits per heavy atom. The van der Waals surface area contributed by atoms with E-state index in [4.69, 9.17) is 4.42 Å². The fraction of sp³-hybridized carbons (Fsp3) is 0.320. The van der Waals surface area contributed by atoms with E-state index in [0.717, 1.165) is 25.1 Å². The molecule has 9 heteroatoms. The van der Waals surface area contributed by atoms with Crippen LogP contribution in [0, 0.1) is 17.9 Å². The molecule has 0 aliphatic carbocycles. The largest absolute Gasteiger partial charge is 0.733 e. The molecule has 180 valence electrons. The van der Waals surface area contributed by atoms with Gasteiger partial charge in [-0.15, -0.1) is 0 Å². The van der Waals surface area contributed by atoms with Crippen molar-refractivity contribution >= 4 is 23.0 Å². The van der Waals surface area contributed by atoms with Crippen LogP contribution in [0.25, 0.3) is 11.3 Å². The van der Waals surface area contributed by atoms with E-state index >= 15 is 0 Å². The molecule has 1 amide bonds. The van der Waals surface area contributed by atoms with Crippen LogP contribution in [0.2, 0.25) is 0 Å². The zero-order valence-corrected chi connectivity index (χ0v) is 19.7. The number of rotatable bonds is 6. The summed E-state index contributed by atoms with van der Waals surface area (Å²) in [5, 5.41) is 20.7. The normalized spacial score (nSPS) is 15.8. The molecule has 1 saturated heterocycles. The lowest BCUT2D eigenvalue weighted by Gasteiger charge is -2.24. The summed E-state index contributed by atoms with van der Waals surface area (Å²) in [6.45, 7) is 3.32. The Morgan fingerprint density at radius 3 is 2.56 bits per heavy atom. The summed E-state index contributed by atoms with van der Waals surface area (Å²) in [5.74, 6) is -0.576. The maximum absolute atomic E-state index is 15.0. The van der Waals surface area contributed by atoms with Crippen molar-refractivity contribution in [3.63, 3.8) is 0 Å². The highest BCUT2D eigenvalue weighted by molar-refractivity contribution is 6.04. The minimum atomic E-state index is -0.469. The molecule has 1 aliphatic rings. The van der Waals surface area contributed by atoms with Crippen molar-refractivity contribution in [2.24, 2.45) is 0 Å². The molecule has 1 aliphatic heterocycles. The predicted molar refractivity (Wildman–Crippen MR) is 130 cm³/mol. The molecule has 4 rings (SSSR count). The van der Waals surface area contributed by atoms with E-state index in [1.807, 2.05) is 19.0 Å². The van der Waals surface area contributed by atoms with Crippen molar-refractivity contribution in [1.82, 2.24) is 4.90 Å². The Bertz CT molecular complexity index is 1190. The van der Waals surface area contributed by atoms with Crippen LogP contribution in [0.3, 0.4) is 0 Å². The van der Waals surface area contributed by atoms with Crippen molar-refractivity contribution < 1.29 is 18.8 Å². The van der Waals surface area contributed by atoms with Crippen LogP contribution in [0.4, 0.5) is 21.5 Å². The maximum atomic E-state index is 15.0. The molecule has 2 heterocycles. The Hall–Kier alpha value is -3.40. The number of likely N-dealkylation sites (N-methyl/N-ethyl adjacent to an activating group) is 1. The Labute approximate surface area is 197 Å². The molecule has 0 bridgehead atoms. The molecular formula is C25H28FN4O4-. The van der Waals surface area contributed by atoms with E-state index in [0.29, 0.717) is 23.0 Å². The van der Waals surface area contributed by atoms with Crippen LogP contribution in [0.15, 0.2) is 52.9 Å². The molecule has 1 atom stereocenters. The number of amides is 1. The van der Waals surface area contributed by atoms with Crippen LogP contribution in [-0.4, -0.2) is 56.3 Å². The van der Waals surface area contributed by atoms with Gasteiger partial charge in [0.1, 0.15) is 11.6 Å². The SMILES string of the molecule is Cc1ccc(-c2ccc(C(=O)N(C)c3ccc(N4CCC(N(C)C)C4)c(F)c3)o2)c(N([O-])O)c1. The highest BCUT2D eigenvalue weighted by Gasteiger charge is 2.26. The number of anilines is 3. The lowest BCUT2D eigenvalue weighted by atomic mass is 10.1. The summed E-state index contributed by atoms with van der Waals surface area (Å²) >= 11 is 0. The summed E-state index contributed by atoms with van der Waals surface area (Å²) in [7, 11) is 5.59. The number of furan rings is 1. The van der Waals surface area contributed by atoms with Crippen molar-refractivity contribution in [1.29, 1.82) is 0 Å². The molecule has 2 aromatic carbocycles. The first-order valence-corrected chi connectivity index (χ1v) is 11.0. The first-order chi connectivity index (χ1) is 16.2. The summed E-state index contributed by atoms with van der Waals surface area (Å²) in [6.07, 6.45) is 0.969. The smallest absolute Gasteiger partial charge is 0.293 e. The van der Waals surface area contributed by atoms with E-state index in [1.165, 1.54) is 23.1 Å². The zero-order valence-electron chi connectivity index (χ0n) is 19.7. The minimum absolute atomic E-state index is 0.0118. The topological polar surface area (TPSA) is 86.5 Å². The van der Waals surface area contributed by atoms with E-state index in [2.05, 4.69) is 4.90 Å². The molecule has 0 saturated carbocycles. The molecule has 34 heavy (non-hydrogen) atoms. The Kier molecular flexibility index (Phi) is 6.60. The number of nitrogens with zero attached hydrogens (tertiary/aromatic N) is 4. The monoisotopic (exact) mass is 467 g/mol. The average molecular weight is 468 g/mol. The fourth-order valence-electron chi connectivity index (χ4n) is 4.23. The molecule has 8 nitrogen and oxygen atoms in total. The standard InChI is InChI=1S/C25H28FN4O4/c1-16-5-7-19(22(13-16)30(32)33)23-9-10-24(34-23)25(31)28(4)17-6-8-21(20(26)14-17)29-12-11-18(15-29)27(2)3/h5-10,13-14,18,32H,11-12,15H2,1-4H3/q-1. The van der Waals surface area contributed by atoms with Gasteiger partial charge in [0.25, 0.3) is 5.91 Å². The number of carbonyl (C=O) groups excluding carboxylic acids is 1. The summed E-state index contributed by atoms with van der Waals surface area (Å²) in [5.41, 5.74) is 2.06. The van der Waals surface area contributed by atoms with Crippen LogP contribution in [0.5, 0.6) is 0 Å². The van der Waals surface area contributed by atoms with E-state index in [1.54, 1.807) is 44.3 Å². The van der Waals surface area contributed by atoms with Crippen molar-refractivity contribution in [2.75, 3.05) is 49.3 Å². The molecule has 1 N–H and O–H groups in total. The van der Waals surface area contributed by atoms with Crippen molar-refractivity contribution in [2.45, 2.75) is 19.4 Å². The number of hydrogen-bond donors (Lipinski definition) is 1. The third kappa shape index (κ3) is 4.63. The molecule has 1 aromatic heterocycles. The van der Waals surface area contributed by atoms with Gasteiger partial charge in [-0.1, -0.05) is 6.07 Å². The number of benzene rings is 2. The quantitative estimate of drug-likeness (QED) is 0.534. The molecule has 0 radical (unpaired) electrons. The second-order valence-electron chi connectivity index (χ2n) is 8.81. The average Bonchev–Trinajstić information content (AvgIpc) is 3.48. The van der Waals surface area contributed by atoms with E-state index in [9.17, 15) is 19.6 Å². The van der Waals surface area contributed by atoms with Crippen LogP contribution in [-0.2, 0) is 0 Å². The molecule has 0 spiro atoms. The minimum Gasteiger partial charge on any atom is -0.733 e. The fourth-order valence-corrected chi connectivity index (χ4v) is 4.23. The first-order valence-electron chi connectivity index (χ1n) is 11.0. The van der Waals surface area contributed by atoms with Crippen molar-refractivity contribution in [3.05, 3.63) is 70.9 Å². The third-order valence-corrected chi connectivity index (χ3v) is 6.30. The van der Waals surface area contributed by atoms with Gasteiger partial charge in [0.15, 0.2) is 5.76 Å². The van der Waals surface area contributed by atoms with Crippen LogP contribution >= 0.6 is 0 Å². The Morgan fingerprint density at radius 2 is 1.91 bits per heavy atom. The van der Waals surface area contributed by atoms with Gasteiger partial charge in [0.2, 0.25) is 0 Å². The number of carbonyl (C=O) groups is 1. The van der Waals surface area contributed by atoms with Gasteiger partial charge in [0, 0.05) is 37.4 Å². The number of halogens is 1. The molecular weight excluding hydrogens is 439 g/mol. The number of aryl methyl sites for hydroxylation is 1. The predicted octanol–water partition coefficient (Wildman–Crippen LogP) is 4.50. The molecule has 1 fully saturated rings. The van der Waals surface area contributed by atoms with Crippen molar-refractivity contribution in [3.8, 4) is 11.3 Å². The van der Waals surface area contributed by atoms with E-state index in [-0.39, 0.29) is 28.3 Å². The van der Waals surface area contributed by atoms with Gasteiger partial charge in [-0.3, -0.25) is 10.0 Å². The maximum Gasteiger partial charge on any atom is 0.293 e. The van der Waals surface area contributed by atoms with Crippen LogP contribution < -0.4 is 15.0 Å². The first kappa shape index (κ1) is 23.7. The third-order valence-electron chi connectivity index (χ3n) is 6.30.